The second-order valence-electron chi connectivity index (χ2n) is 4.83. The molecule has 2 rings (SSSR count). The number of aliphatic imine (C=N–C) groups is 1. The molecule has 2 nitrogen and oxygen atoms in total. The van der Waals surface area contributed by atoms with Gasteiger partial charge in [-0.15, -0.1) is 0 Å². The highest BCUT2D eigenvalue weighted by Gasteiger charge is 2.27. The van der Waals surface area contributed by atoms with Crippen LogP contribution in [-0.2, 0) is 0 Å². The second-order valence-corrected chi connectivity index (χ2v) is 4.83. The molecule has 1 fully saturated rings. The summed E-state index contributed by atoms with van der Waals surface area (Å²) in [5.74, 6) is 0.553. The lowest BCUT2D eigenvalue weighted by Gasteiger charge is -2.30. The van der Waals surface area contributed by atoms with Gasteiger partial charge in [-0.1, -0.05) is 31.6 Å². The first-order chi connectivity index (χ1) is 7.21. The van der Waals surface area contributed by atoms with E-state index in [0.717, 1.165) is 13.1 Å². The number of piperidine rings is 1. The highest BCUT2D eigenvalue weighted by atomic mass is 14.9. The van der Waals surface area contributed by atoms with Gasteiger partial charge < -0.3 is 5.32 Å². The quantitative estimate of drug-likeness (QED) is 0.652. The van der Waals surface area contributed by atoms with Crippen molar-refractivity contribution in [3.8, 4) is 0 Å². The first-order valence-electron chi connectivity index (χ1n) is 5.83. The molecule has 82 valence electrons. The zero-order valence-corrected chi connectivity index (χ0v) is 9.66. The van der Waals surface area contributed by atoms with E-state index < -0.39 is 0 Å². The monoisotopic (exact) mass is 204 g/mol. The lowest BCUT2D eigenvalue weighted by atomic mass is 9.76. The third-order valence-corrected chi connectivity index (χ3v) is 3.56. The minimum Gasteiger partial charge on any atom is -0.316 e. The van der Waals surface area contributed by atoms with E-state index in [0.29, 0.717) is 5.92 Å². The van der Waals surface area contributed by atoms with Gasteiger partial charge in [-0.2, -0.15) is 0 Å². The van der Waals surface area contributed by atoms with Gasteiger partial charge >= 0.3 is 0 Å². The number of rotatable bonds is 1. The van der Waals surface area contributed by atoms with Gasteiger partial charge in [-0.25, -0.2) is 0 Å². The molecular weight excluding hydrogens is 184 g/mol. The summed E-state index contributed by atoms with van der Waals surface area (Å²) in [5.41, 5.74) is 1.71. The van der Waals surface area contributed by atoms with Crippen LogP contribution in [0.3, 0.4) is 0 Å². The Morgan fingerprint density at radius 3 is 2.87 bits per heavy atom. The number of hydrogen-bond donors (Lipinski definition) is 1. The Morgan fingerprint density at radius 1 is 1.47 bits per heavy atom. The maximum absolute atomic E-state index is 4.28. The van der Waals surface area contributed by atoms with E-state index in [4.69, 9.17) is 0 Å². The molecule has 0 spiro atoms. The van der Waals surface area contributed by atoms with E-state index >= 15 is 0 Å². The molecule has 2 heteroatoms. The Hall–Kier alpha value is -0.890. The molecule has 0 aromatic carbocycles. The van der Waals surface area contributed by atoms with Gasteiger partial charge in [-0.3, -0.25) is 4.99 Å². The van der Waals surface area contributed by atoms with Crippen LogP contribution < -0.4 is 5.32 Å². The SMILES string of the molecule is CC1C=CN=C[C@@]1(C)C=C1CCNCC1. The molecule has 15 heavy (non-hydrogen) atoms. The average molecular weight is 204 g/mol. The minimum atomic E-state index is 0.126. The number of hydrogen-bond acceptors (Lipinski definition) is 2. The molecule has 0 radical (unpaired) electrons. The van der Waals surface area contributed by atoms with Gasteiger partial charge in [0.1, 0.15) is 0 Å². The fourth-order valence-electron chi connectivity index (χ4n) is 2.21. The van der Waals surface area contributed by atoms with Gasteiger partial charge in [-0.05, 0) is 31.8 Å². The van der Waals surface area contributed by atoms with E-state index in [9.17, 15) is 0 Å². The van der Waals surface area contributed by atoms with Crippen molar-refractivity contribution in [2.24, 2.45) is 16.3 Å². The van der Waals surface area contributed by atoms with Crippen molar-refractivity contribution in [2.75, 3.05) is 13.1 Å². The fourth-order valence-corrected chi connectivity index (χ4v) is 2.21. The van der Waals surface area contributed by atoms with Crippen LogP contribution in [0.4, 0.5) is 0 Å². The topological polar surface area (TPSA) is 24.4 Å². The van der Waals surface area contributed by atoms with E-state index in [1.54, 1.807) is 5.57 Å². The largest absolute Gasteiger partial charge is 0.316 e. The Morgan fingerprint density at radius 2 is 2.20 bits per heavy atom. The highest BCUT2D eigenvalue weighted by molar-refractivity contribution is 5.71. The zero-order chi connectivity index (χ0) is 10.7. The van der Waals surface area contributed by atoms with Crippen LogP contribution in [0.2, 0.25) is 0 Å². The molecule has 2 heterocycles. The van der Waals surface area contributed by atoms with Crippen molar-refractivity contribution in [1.82, 2.24) is 5.32 Å². The van der Waals surface area contributed by atoms with Crippen LogP contribution >= 0.6 is 0 Å². The maximum atomic E-state index is 4.28. The molecule has 0 aromatic rings. The van der Waals surface area contributed by atoms with Gasteiger partial charge in [0.05, 0.1) is 0 Å². The molecule has 0 amide bonds. The highest BCUT2D eigenvalue weighted by Crippen LogP contribution is 2.33. The van der Waals surface area contributed by atoms with Crippen LogP contribution in [0, 0.1) is 11.3 Å². The van der Waals surface area contributed by atoms with Gasteiger partial charge in [0.2, 0.25) is 0 Å². The lowest BCUT2D eigenvalue weighted by Crippen LogP contribution is -2.28. The number of nitrogens with one attached hydrogen (secondary N) is 1. The van der Waals surface area contributed by atoms with Crippen LogP contribution in [0.25, 0.3) is 0 Å². The maximum Gasteiger partial charge on any atom is 0.0270 e. The minimum absolute atomic E-state index is 0.126. The Labute approximate surface area is 92.2 Å². The molecule has 2 aliphatic heterocycles. The van der Waals surface area contributed by atoms with Gasteiger partial charge in [0.25, 0.3) is 0 Å². The summed E-state index contributed by atoms with van der Waals surface area (Å²) in [7, 11) is 0. The molecule has 2 aliphatic rings. The van der Waals surface area contributed by atoms with Crippen LogP contribution in [0.15, 0.2) is 28.9 Å². The Kier molecular flexibility index (Phi) is 3.06. The standard InChI is InChI=1S/C13H20N2/c1-11-3-6-15-10-13(11,2)9-12-4-7-14-8-5-12/h3,6,9-11,14H,4-5,7-8H2,1-2H3/t11?,13-/m1/s1. The van der Waals surface area contributed by atoms with Crippen molar-refractivity contribution in [3.05, 3.63) is 23.9 Å². The van der Waals surface area contributed by atoms with Crippen molar-refractivity contribution in [3.63, 3.8) is 0 Å². The molecule has 1 N–H and O–H groups in total. The van der Waals surface area contributed by atoms with Crippen molar-refractivity contribution >= 4 is 6.21 Å². The average Bonchev–Trinajstić information content (AvgIpc) is 2.24. The molecule has 0 aromatic heterocycles. The van der Waals surface area contributed by atoms with Crippen molar-refractivity contribution < 1.29 is 0 Å². The fraction of sp³-hybridized carbons (Fsp3) is 0.615. The van der Waals surface area contributed by atoms with E-state index in [-0.39, 0.29) is 5.41 Å². The summed E-state index contributed by atoms with van der Waals surface area (Å²) >= 11 is 0. The Bertz CT molecular complexity index is 306. The normalized spacial score (nSPS) is 35.6. The summed E-state index contributed by atoms with van der Waals surface area (Å²) < 4.78 is 0. The summed E-state index contributed by atoms with van der Waals surface area (Å²) in [6.07, 6.45) is 11.0. The second kappa shape index (κ2) is 4.31. The molecule has 0 bridgehead atoms. The molecule has 1 saturated heterocycles. The van der Waals surface area contributed by atoms with Crippen molar-refractivity contribution in [2.45, 2.75) is 26.7 Å². The summed E-state index contributed by atoms with van der Waals surface area (Å²) in [4.78, 5) is 4.28. The molecule has 1 unspecified atom stereocenters. The van der Waals surface area contributed by atoms with Crippen LogP contribution in [0.5, 0.6) is 0 Å². The van der Waals surface area contributed by atoms with Crippen molar-refractivity contribution in [1.29, 1.82) is 0 Å². The summed E-state index contributed by atoms with van der Waals surface area (Å²) in [6.45, 7) is 6.80. The molecule has 0 saturated carbocycles. The molecular formula is C13H20N2. The predicted octanol–water partition coefficient (Wildman–Crippen LogP) is 2.54. The van der Waals surface area contributed by atoms with Gasteiger partial charge in [0.15, 0.2) is 0 Å². The Balaban J connectivity index is 2.14. The lowest BCUT2D eigenvalue weighted by molar-refractivity contribution is 0.453. The summed E-state index contributed by atoms with van der Waals surface area (Å²) in [5, 5.41) is 3.39. The zero-order valence-electron chi connectivity index (χ0n) is 9.66. The van der Waals surface area contributed by atoms with E-state index in [1.165, 1.54) is 12.8 Å². The third kappa shape index (κ3) is 2.37. The van der Waals surface area contributed by atoms with Crippen LogP contribution in [-0.4, -0.2) is 19.3 Å². The number of nitrogens with zero attached hydrogens (tertiary/aromatic N) is 1. The number of allylic oxidation sites excluding steroid dienone is 2. The molecule has 2 atom stereocenters. The molecule has 0 aliphatic carbocycles. The smallest absolute Gasteiger partial charge is 0.0270 e. The third-order valence-electron chi connectivity index (χ3n) is 3.56. The summed E-state index contributed by atoms with van der Waals surface area (Å²) in [6, 6.07) is 0. The van der Waals surface area contributed by atoms with Crippen LogP contribution in [0.1, 0.15) is 26.7 Å². The van der Waals surface area contributed by atoms with Gasteiger partial charge in [0, 0.05) is 17.8 Å². The van der Waals surface area contributed by atoms with E-state index in [2.05, 4.69) is 42.5 Å². The predicted molar refractivity (Wildman–Crippen MR) is 65.1 cm³/mol. The van der Waals surface area contributed by atoms with E-state index in [1.807, 2.05) is 6.20 Å². The first-order valence-corrected chi connectivity index (χ1v) is 5.83. The first kappa shape index (κ1) is 10.6.